The molecular weight excluding hydrogens is 424 g/mol. The first-order chi connectivity index (χ1) is 16.4. The topological polar surface area (TPSA) is 78.1 Å². The van der Waals surface area contributed by atoms with Crippen LogP contribution in [0.1, 0.15) is 86.4 Å². The molecule has 1 aromatic heterocycles. The highest BCUT2D eigenvalue weighted by Crippen LogP contribution is 2.40. The van der Waals surface area contributed by atoms with Crippen LogP contribution in [0.4, 0.5) is 5.82 Å². The molecule has 2 fully saturated rings. The van der Waals surface area contributed by atoms with Crippen molar-refractivity contribution in [1.82, 2.24) is 15.1 Å². The third kappa shape index (κ3) is 6.66. The Balaban J connectivity index is 1.34. The van der Waals surface area contributed by atoms with Gasteiger partial charge in [-0.2, -0.15) is 5.10 Å². The lowest BCUT2D eigenvalue weighted by Gasteiger charge is -2.29. The summed E-state index contributed by atoms with van der Waals surface area (Å²) in [5.74, 6) is 1.99. The first-order valence-corrected chi connectivity index (χ1v) is 12.7. The summed E-state index contributed by atoms with van der Waals surface area (Å²) in [5.41, 5.74) is 3.43. The second kappa shape index (κ2) is 11.1. The van der Waals surface area contributed by atoms with E-state index in [1.54, 1.807) is 6.08 Å². The Morgan fingerprint density at radius 3 is 2.76 bits per heavy atom. The molecule has 2 aromatic rings. The van der Waals surface area contributed by atoms with Gasteiger partial charge in [0, 0.05) is 30.6 Å². The van der Waals surface area contributed by atoms with E-state index in [-0.39, 0.29) is 17.6 Å². The maximum Gasteiger partial charge on any atom is 0.232 e. The normalized spacial score (nSPS) is 21.6. The van der Waals surface area contributed by atoms with E-state index >= 15 is 0 Å². The lowest BCUT2D eigenvalue weighted by molar-refractivity contribution is -0.117. The van der Waals surface area contributed by atoms with Gasteiger partial charge < -0.3 is 10.2 Å². The largest absolute Gasteiger partial charge is 0.309 e. The molecule has 34 heavy (non-hydrogen) atoms. The monoisotopic (exact) mass is 462 g/mol. The van der Waals surface area contributed by atoms with Crippen LogP contribution in [0.25, 0.3) is 0 Å². The van der Waals surface area contributed by atoms with E-state index in [0.717, 1.165) is 43.5 Å². The molecule has 6 heteroatoms. The van der Waals surface area contributed by atoms with Crippen molar-refractivity contribution in [2.45, 2.75) is 69.6 Å². The first-order valence-electron chi connectivity index (χ1n) is 12.7. The van der Waals surface area contributed by atoms with E-state index in [9.17, 15) is 9.59 Å². The van der Waals surface area contributed by atoms with Crippen LogP contribution in [0.5, 0.6) is 0 Å². The number of hydrogen-bond donors (Lipinski definition) is 2. The molecule has 4 rings (SSSR count). The smallest absolute Gasteiger partial charge is 0.232 e. The number of benzene rings is 1. The van der Waals surface area contributed by atoms with E-state index < -0.39 is 0 Å². The molecule has 2 aliphatic rings. The van der Waals surface area contributed by atoms with Crippen LogP contribution in [-0.2, 0) is 9.59 Å². The Kier molecular flexibility index (Phi) is 7.99. The highest BCUT2D eigenvalue weighted by Gasteiger charge is 2.27. The number of amides is 1. The van der Waals surface area contributed by atoms with Gasteiger partial charge in [-0.15, -0.1) is 0 Å². The Labute approximate surface area is 203 Å². The number of allylic oxidation sites excluding steroid dienone is 1. The number of aromatic nitrogens is 2. The van der Waals surface area contributed by atoms with E-state index in [1.165, 1.54) is 18.4 Å². The molecule has 2 N–H and O–H groups in total. The average molecular weight is 463 g/mol. The fourth-order valence-corrected chi connectivity index (χ4v) is 5.00. The molecule has 0 bridgehead atoms. The van der Waals surface area contributed by atoms with Crippen LogP contribution in [0.15, 0.2) is 42.5 Å². The van der Waals surface area contributed by atoms with Gasteiger partial charge in [-0.05, 0) is 82.2 Å². The third-order valence-corrected chi connectivity index (χ3v) is 7.19. The highest BCUT2D eigenvalue weighted by molar-refractivity contribution is 5.94. The van der Waals surface area contributed by atoms with E-state index in [4.69, 9.17) is 0 Å². The minimum absolute atomic E-state index is 0.0392. The number of ketones is 1. The summed E-state index contributed by atoms with van der Waals surface area (Å²) in [4.78, 5) is 27.3. The van der Waals surface area contributed by atoms with Crippen molar-refractivity contribution in [3.63, 3.8) is 0 Å². The quantitative estimate of drug-likeness (QED) is 0.465. The molecule has 0 aliphatic heterocycles. The Hall–Kier alpha value is -2.73. The standard InChI is InChI=1S/C28H38N4O2/c1-19(28(34)29-27-18-26(30-31-27)21-12-13-21)22-8-5-10-24(17-22)23-9-4-7-20(15-23)16-25(33)11-6-14-32(2)3/h5-6,8,10-11,17-21,23H,4,7,9,12-16H2,1-3H3,(H2,29,30,31,34)/b11-6+. The molecule has 3 unspecified atom stereocenters. The van der Waals surface area contributed by atoms with Gasteiger partial charge >= 0.3 is 0 Å². The van der Waals surface area contributed by atoms with Gasteiger partial charge in [-0.25, -0.2) is 0 Å². The lowest BCUT2D eigenvalue weighted by Crippen LogP contribution is -2.20. The number of anilines is 1. The molecular formula is C28H38N4O2. The predicted octanol–water partition coefficient (Wildman–Crippen LogP) is 5.38. The molecule has 2 aliphatic carbocycles. The number of aromatic amines is 1. The van der Waals surface area contributed by atoms with Crippen molar-refractivity contribution < 1.29 is 9.59 Å². The van der Waals surface area contributed by atoms with Crippen molar-refractivity contribution in [1.29, 1.82) is 0 Å². The zero-order chi connectivity index (χ0) is 24.1. The average Bonchev–Trinajstić information content (AvgIpc) is 3.57. The Morgan fingerprint density at radius 2 is 2.00 bits per heavy atom. The number of rotatable bonds is 10. The molecule has 3 atom stereocenters. The maximum absolute atomic E-state index is 12.9. The van der Waals surface area contributed by atoms with Crippen LogP contribution < -0.4 is 5.32 Å². The molecule has 0 spiro atoms. The second-order valence-electron chi connectivity index (χ2n) is 10.4. The molecule has 1 aromatic carbocycles. The molecule has 6 nitrogen and oxygen atoms in total. The van der Waals surface area contributed by atoms with E-state index in [1.807, 2.05) is 39.2 Å². The van der Waals surface area contributed by atoms with Crippen LogP contribution >= 0.6 is 0 Å². The minimum Gasteiger partial charge on any atom is -0.309 e. The predicted molar refractivity (Wildman–Crippen MR) is 136 cm³/mol. The molecule has 1 heterocycles. The van der Waals surface area contributed by atoms with Crippen molar-refractivity contribution >= 4 is 17.5 Å². The van der Waals surface area contributed by atoms with Crippen LogP contribution in [-0.4, -0.2) is 47.4 Å². The van der Waals surface area contributed by atoms with Gasteiger partial charge in [0.1, 0.15) is 0 Å². The summed E-state index contributed by atoms with van der Waals surface area (Å²) in [5, 5.41) is 10.3. The molecule has 1 amide bonds. The van der Waals surface area contributed by atoms with Crippen molar-refractivity contribution in [2.24, 2.45) is 5.92 Å². The summed E-state index contributed by atoms with van der Waals surface area (Å²) < 4.78 is 0. The number of H-pyrrole nitrogens is 1. The zero-order valence-electron chi connectivity index (χ0n) is 20.7. The first kappa shape index (κ1) is 24.4. The second-order valence-corrected chi connectivity index (χ2v) is 10.4. The van der Waals surface area contributed by atoms with Gasteiger partial charge in [0.15, 0.2) is 11.6 Å². The van der Waals surface area contributed by atoms with Crippen molar-refractivity contribution in [3.8, 4) is 0 Å². The van der Waals surface area contributed by atoms with Gasteiger partial charge in [-0.3, -0.25) is 14.7 Å². The molecule has 2 saturated carbocycles. The third-order valence-electron chi connectivity index (χ3n) is 7.19. The SMILES string of the molecule is CC(C(=O)Nc1cc(C2CC2)[nH]n1)c1cccc(C2CCCC(CC(=O)/C=C/CN(C)C)C2)c1. The van der Waals surface area contributed by atoms with Crippen LogP contribution in [0.3, 0.4) is 0 Å². The maximum atomic E-state index is 12.9. The Bertz CT molecular complexity index is 1020. The van der Waals surface area contributed by atoms with E-state index in [2.05, 4.69) is 38.6 Å². The van der Waals surface area contributed by atoms with Gasteiger partial charge in [0.05, 0.1) is 5.92 Å². The van der Waals surface area contributed by atoms with Gasteiger partial charge in [-0.1, -0.05) is 36.8 Å². The van der Waals surface area contributed by atoms with Gasteiger partial charge in [0.2, 0.25) is 5.91 Å². The van der Waals surface area contributed by atoms with Crippen LogP contribution in [0.2, 0.25) is 0 Å². The fraction of sp³-hybridized carbons (Fsp3) is 0.536. The number of carbonyl (C=O) groups excluding carboxylic acids is 2. The lowest BCUT2D eigenvalue weighted by atomic mass is 9.75. The number of nitrogens with one attached hydrogen (secondary N) is 2. The van der Waals surface area contributed by atoms with Crippen molar-refractivity contribution in [2.75, 3.05) is 26.0 Å². The molecule has 182 valence electrons. The number of carbonyl (C=O) groups is 2. The summed E-state index contributed by atoms with van der Waals surface area (Å²) in [7, 11) is 4.00. The molecule has 0 saturated heterocycles. The summed E-state index contributed by atoms with van der Waals surface area (Å²) in [6.07, 6.45) is 11.2. The molecule has 0 radical (unpaired) electrons. The number of hydrogen-bond acceptors (Lipinski definition) is 4. The Morgan fingerprint density at radius 1 is 1.18 bits per heavy atom. The van der Waals surface area contributed by atoms with E-state index in [0.29, 0.717) is 30.0 Å². The number of nitrogens with zero attached hydrogens (tertiary/aromatic N) is 2. The summed E-state index contributed by atoms with van der Waals surface area (Å²) in [6.45, 7) is 2.74. The van der Waals surface area contributed by atoms with Crippen LogP contribution in [0, 0.1) is 5.92 Å². The van der Waals surface area contributed by atoms with Gasteiger partial charge in [0.25, 0.3) is 0 Å². The highest BCUT2D eigenvalue weighted by atomic mass is 16.2. The summed E-state index contributed by atoms with van der Waals surface area (Å²) >= 11 is 0. The van der Waals surface area contributed by atoms with Crippen molar-refractivity contribution in [3.05, 3.63) is 59.3 Å². The number of likely N-dealkylation sites (N-methyl/N-ethyl adjacent to an activating group) is 1. The zero-order valence-corrected chi connectivity index (χ0v) is 20.7. The fourth-order valence-electron chi connectivity index (χ4n) is 5.00. The minimum atomic E-state index is -0.260. The summed E-state index contributed by atoms with van der Waals surface area (Å²) in [6, 6.07) is 10.4.